The molecule has 0 saturated carbocycles. The van der Waals surface area contributed by atoms with Gasteiger partial charge in [0.1, 0.15) is 0 Å². The molecule has 2 aliphatic heterocycles. The number of azide groups is 2. The number of rotatable bonds is 29. The van der Waals surface area contributed by atoms with Crippen molar-refractivity contribution in [2.75, 3.05) is 111 Å². The zero-order valence-corrected chi connectivity index (χ0v) is 26.2. The van der Waals surface area contributed by atoms with Crippen LogP contribution in [0.4, 0.5) is 4.79 Å². The summed E-state index contributed by atoms with van der Waals surface area (Å²) >= 11 is 1.88. The standard InChI is InChI=1S/C26H47N9O8S/c27-33-29-5-9-38-13-17-42-19-15-40-11-7-35(8-12-41-16-20-43-18-14-39-10-6-30-34-28)24(36)4-2-1-3-23-25-22(21-44-23)31-26(37)32-25/h22-23,25H,1-21H2,(H2,31,32,37). The molecule has 0 radical (unpaired) electrons. The van der Waals surface area contributed by atoms with Crippen LogP contribution in [-0.4, -0.2) is 145 Å². The van der Waals surface area contributed by atoms with Gasteiger partial charge in [0.15, 0.2) is 0 Å². The molecule has 44 heavy (non-hydrogen) atoms. The highest BCUT2D eigenvalue weighted by Crippen LogP contribution is 2.33. The van der Waals surface area contributed by atoms with Crippen LogP contribution in [-0.2, 0) is 33.2 Å². The van der Waals surface area contributed by atoms with E-state index >= 15 is 0 Å². The van der Waals surface area contributed by atoms with Gasteiger partial charge in [-0.05, 0) is 23.9 Å². The Labute approximate surface area is 262 Å². The van der Waals surface area contributed by atoms with E-state index in [4.69, 9.17) is 39.5 Å². The zero-order valence-electron chi connectivity index (χ0n) is 25.4. The number of carbonyl (C=O) groups is 2. The first kappa shape index (κ1) is 37.7. The van der Waals surface area contributed by atoms with Crippen LogP contribution in [0.25, 0.3) is 20.9 Å². The molecule has 0 aromatic rings. The molecule has 3 amide bonds. The van der Waals surface area contributed by atoms with E-state index in [1.807, 2.05) is 11.8 Å². The van der Waals surface area contributed by atoms with Crippen molar-refractivity contribution in [3.8, 4) is 0 Å². The fourth-order valence-corrected chi connectivity index (χ4v) is 6.06. The number of hydrogen-bond donors (Lipinski definition) is 2. The average Bonchev–Trinajstić information content (AvgIpc) is 3.58. The number of amides is 3. The Morgan fingerprint density at radius 3 is 1.80 bits per heavy atom. The average molecular weight is 646 g/mol. The molecule has 2 saturated heterocycles. The molecule has 2 fully saturated rings. The summed E-state index contributed by atoms with van der Waals surface area (Å²) in [5.41, 5.74) is 16.4. The topological polar surface area (TPSA) is 214 Å². The number of fused-ring (bicyclic) bond motifs is 1. The molecule has 2 N–H and O–H groups in total. The lowest BCUT2D eigenvalue weighted by molar-refractivity contribution is -0.133. The lowest BCUT2D eigenvalue weighted by Gasteiger charge is -2.23. The van der Waals surface area contributed by atoms with Crippen molar-refractivity contribution in [2.24, 2.45) is 10.2 Å². The summed E-state index contributed by atoms with van der Waals surface area (Å²) in [5.74, 6) is 0.990. The largest absolute Gasteiger partial charge is 0.379 e. The quantitative estimate of drug-likeness (QED) is 0.0400. The maximum Gasteiger partial charge on any atom is 0.315 e. The van der Waals surface area contributed by atoms with Gasteiger partial charge in [-0.3, -0.25) is 4.79 Å². The third-order valence-electron chi connectivity index (χ3n) is 6.72. The molecule has 18 heteroatoms. The van der Waals surface area contributed by atoms with Crippen molar-refractivity contribution >= 4 is 23.7 Å². The van der Waals surface area contributed by atoms with E-state index in [1.165, 1.54) is 0 Å². The van der Waals surface area contributed by atoms with Crippen molar-refractivity contribution in [3.05, 3.63) is 20.9 Å². The third kappa shape index (κ3) is 17.7. The predicted octanol–water partition coefficient (Wildman–Crippen LogP) is 2.26. The summed E-state index contributed by atoms with van der Waals surface area (Å²) in [6.07, 6.45) is 3.11. The minimum atomic E-state index is -0.0838. The van der Waals surface area contributed by atoms with Crippen LogP contribution in [0, 0.1) is 0 Å². The Balaban J connectivity index is 1.58. The minimum absolute atomic E-state index is 0.0632. The Morgan fingerprint density at radius 2 is 1.27 bits per heavy atom. The molecule has 3 atom stereocenters. The summed E-state index contributed by atoms with van der Waals surface area (Å²) in [4.78, 5) is 31.7. The van der Waals surface area contributed by atoms with Crippen molar-refractivity contribution in [1.29, 1.82) is 0 Å². The number of thioether (sulfide) groups is 1. The summed E-state index contributed by atoms with van der Waals surface area (Å²) in [6.45, 7) is 6.25. The Kier molecular flexibility index (Phi) is 22.0. The summed E-state index contributed by atoms with van der Waals surface area (Å²) < 4.78 is 32.8. The molecule has 0 aliphatic carbocycles. The fraction of sp³-hybridized carbons (Fsp3) is 0.923. The second kappa shape index (κ2) is 25.8. The number of carbonyl (C=O) groups excluding carboxylic acids is 2. The number of nitrogens with zero attached hydrogens (tertiary/aromatic N) is 7. The highest BCUT2D eigenvalue weighted by Gasteiger charge is 2.42. The van der Waals surface area contributed by atoms with Crippen molar-refractivity contribution in [2.45, 2.75) is 43.0 Å². The van der Waals surface area contributed by atoms with E-state index in [2.05, 4.69) is 30.7 Å². The van der Waals surface area contributed by atoms with Crippen molar-refractivity contribution in [1.82, 2.24) is 15.5 Å². The van der Waals surface area contributed by atoms with E-state index in [0.717, 1.165) is 25.0 Å². The third-order valence-corrected chi connectivity index (χ3v) is 8.23. The summed E-state index contributed by atoms with van der Waals surface area (Å²) in [7, 11) is 0. The molecule has 2 aliphatic rings. The maximum atomic E-state index is 13.0. The van der Waals surface area contributed by atoms with Crippen LogP contribution in [0.15, 0.2) is 10.2 Å². The lowest BCUT2D eigenvalue weighted by Crippen LogP contribution is -2.37. The first-order valence-electron chi connectivity index (χ1n) is 15.1. The molecule has 2 rings (SSSR count). The molecule has 0 aromatic carbocycles. The number of urea groups is 1. The Morgan fingerprint density at radius 1 is 0.773 bits per heavy atom. The van der Waals surface area contributed by atoms with Crippen LogP contribution in [0.5, 0.6) is 0 Å². The number of hydrogen-bond acceptors (Lipinski definition) is 11. The van der Waals surface area contributed by atoms with E-state index in [-0.39, 0.29) is 24.0 Å². The van der Waals surface area contributed by atoms with E-state index in [1.54, 1.807) is 4.90 Å². The first-order valence-corrected chi connectivity index (χ1v) is 16.1. The van der Waals surface area contributed by atoms with Gasteiger partial charge in [0.25, 0.3) is 0 Å². The second-order valence-corrected chi connectivity index (χ2v) is 11.1. The Bertz CT molecular complexity index is 856. The van der Waals surface area contributed by atoms with Crippen LogP contribution < -0.4 is 10.6 Å². The van der Waals surface area contributed by atoms with Crippen molar-refractivity contribution < 1.29 is 38.0 Å². The monoisotopic (exact) mass is 645 g/mol. The molecule has 0 spiro atoms. The van der Waals surface area contributed by atoms with Gasteiger partial charge in [0, 0.05) is 53.4 Å². The molecule has 17 nitrogen and oxygen atoms in total. The summed E-state index contributed by atoms with van der Waals surface area (Å²) in [6, 6.07) is 0.299. The van der Waals surface area contributed by atoms with Crippen LogP contribution in [0.3, 0.4) is 0 Å². The van der Waals surface area contributed by atoms with E-state index in [9.17, 15) is 9.59 Å². The predicted molar refractivity (Wildman–Crippen MR) is 163 cm³/mol. The van der Waals surface area contributed by atoms with Gasteiger partial charge < -0.3 is 44.0 Å². The molecular formula is C26H47N9O8S. The lowest BCUT2D eigenvalue weighted by atomic mass is 10.0. The molecule has 3 unspecified atom stereocenters. The summed E-state index contributed by atoms with van der Waals surface area (Å²) in [5, 5.41) is 13.1. The van der Waals surface area contributed by atoms with E-state index in [0.29, 0.717) is 117 Å². The van der Waals surface area contributed by atoms with Crippen LogP contribution >= 0.6 is 11.8 Å². The van der Waals surface area contributed by atoms with Gasteiger partial charge in [-0.2, -0.15) is 11.8 Å². The zero-order chi connectivity index (χ0) is 31.5. The molecule has 0 bridgehead atoms. The van der Waals surface area contributed by atoms with Crippen LogP contribution in [0.1, 0.15) is 25.7 Å². The fourth-order valence-electron chi connectivity index (χ4n) is 4.52. The van der Waals surface area contributed by atoms with Gasteiger partial charge in [-0.15, -0.1) is 0 Å². The number of ether oxygens (including phenoxy) is 6. The van der Waals surface area contributed by atoms with Gasteiger partial charge in [-0.1, -0.05) is 16.6 Å². The Hall–Kier alpha value is -2.53. The molecule has 0 aromatic heterocycles. The van der Waals surface area contributed by atoms with Gasteiger partial charge in [0.2, 0.25) is 5.91 Å². The number of unbranched alkanes of at least 4 members (excludes halogenated alkanes) is 1. The minimum Gasteiger partial charge on any atom is -0.379 e. The smallest absolute Gasteiger partial charge is 0.315 e. The highest BCUT2D eigenvalue weighted by atomic mass is 32.2. The van der Waals surface area contributed by atoms with Gasteiger partial charge in [-0.25, -0.2) is 4.79 Å². The first-order chi connectivity index (χ1) is 21.7. The second-order valence-electron chi connectivity index (χ2n) is 9.83. The molecule has 250 valence electrons. The van der Waals surface area contributed by atoms with E-state index < -0.39 is 0 Å². The highest BCUT2D eigenvalue weighted by molar-refractivity contribution is 8.00. The molecule has 2 heterocycles. The number of nitrogens with one attached hydrogen (secondary N) is 2. The SMILES string of the molecule is [N-]=[N+]=NCCOCCOCCOCCN(CCOCCOCCOCCN=[N+]=[N-])C(=O)CCCCC1SCC2NC(=O)NC21. The van der Waals surface area contributed by atoms with Gasteiger partial charge >= 0.3 is 6.03 Å². The normalized spacial score (nSPS) is 18.6. The van der Waals surface area contributed by atoms with Gasteiger partial charge in [0.05, 0.1) is 91.4 Å². The van der Waals surface area contributed by atoms with Crippen molar-refractivity contribution in [3.63, 3.8) is 0 Å². The maximum absolute atomic E-state index is 13.0. The molecular weight excluding hydrogens is 598 g/mol. The van der Waals surface area contributed by atoms with Crippen LogP contribution in [0.2, 0.25) is 0 Å².